The molecule has 3 rings (SSSR count). The molecule has 24 heavy (non-hydrogen) atoms. The minimum atomic E-state index is -2.56. The van der Waals surface area contributed by atoms with E-state index in [9.17, 15) is 8.78 Å². The third kappa shape index (κ3) is 3.90. The summed E-state index contributed by atoms with van der Waals surface area (Å²) in [6, 6.07) is 3.65. The van der Waals surface area contributed by atoms with Crippen LogP contribution in [0.1, 0.15) is 31.2 Å². The smallest absolute Gasteiger partial charge is 0.272 e. The van der Waals surface area contributed by atoms with Crippen molar-refractivity contribution in [2.45, 2.75) is 39.2 Å². The number of alkyl halides is 2. The van der Waals surface area contributed by atoms with Crippen molar-refractivity contribution in [3.05, 3.63) is 29.8 Å². The van der Waals surface area contributed by atoms with Gasteiger partial charge in [-0.15, -0.1) is 0 Å². The monoisotopic (exact) mass is 336 g/mol. The second-order valence-corrected chi connectivity index (χ2v) is 6.24. The first-order valence-electron chi connectivity index (χ1n) is 8.23. The minimum absolute atomic E-state index is 0.205. The van der Waals surface area contributed by atoms with Gasteiger partial charge in [0.25, 0.3) is 5.92 Å². The van der Waals surface area contributed by atoms with Gasteiger partial charge in [-0.3, -0.25) is 4.90 Å². The molecule has 0 aliphatic carbocycles. The average Bonchev–Trinajstić information content (AvgIpc) is 2.94. The number of nitrogens with zero attached hydrogens (tertiary/aromatic N) is 3. The summed E-state index contributed by atoms with van der Waals surface area (Å²) in [4.78, 5) is 10.4. The lowest BCUT2D eigenvalue weighted by atomic mass is 10.1. The molecule has 0 amide bonds. The van der Waals surface area contributed by atoms with Crippen LogP contribution in [0.5, 0.6) is 0 Å². The maximum Gasteiger partial charge on any atom is 0.272 e. The van der Waals surface area contributed by atoms with Crippen molar-refractivity contribution in [1.82, 2.24) is 14.9 Å². The molecule has 5 nitrogen and oxygen atoms in total. The summed E-state index contributed by atoms with van der Waals surface area (Å²) in [6.45, 7) is 4.87. The first kappa shape index (κ1) is 16.8. The van der Waals surface area contributed by atoms with Crippen molar-refractivity contribution < 1.29 is 13.2 Å². The molecule has 0 unspecified atom stereocenters. The molecule has 1 N–H and O–H groups in total. The highest BCUT2D eigenvalue weighted by atomic mass is 19.3. The van der Waals surface area contributed by atoms with E-state index in [4.69, 9.17) is 4.42 Å². The fourth-order valence-electron chi connectivity index (χ4n) is 2.72. The Kier molecular flexibility index (Phi) is 4.80. The molecule has 0 saturated carbocycles. The van der Waals surface area contributed by atoms with E-state index in [0.29, 0.717) is 24.0 Å². The van der Waals surface area contributed by atoms with Crippen LogP contribution in [-0.2, 0) is 6.54 Å². The maximum atomic E-state index is 12.9. The van der Waals surface area contributed by atoms with Gasteiger partial charge in [0.1, 0.15) is 11.5 Å². The van der Waals surface area contributed by atoms with Crippen molar-refractivity contribution in [2.75, 3.05) is 25.0 Å². The fourth-order valence-corrected chi connectivity index (χ4v) is 2.72. The van der Waals surface area contributed by atoms with Crippen LogP contribution in [0.25, 0.3) is 11.3 Å². The zero-order valence-corrected chi connectivity index (χ0v) is 14.0. The van der Waals surface area contributed by atoms with Gasteiger partial charge >= 0.3 is 0 Å². The second kappa shape index (κ2) is 6.84. The Bertz CT molecular complexity index is 694. The van der Waals surface area contributed by atoms with Crippen molar-refractivity contribution in [3.63, 3.8) is 0 Å². The van der Waals surface area contributed by atoms with E-state index in [2.05, 4.69) is 22.2 Å². The zero-order chi connectivity index (χ0) is 17.2. The van der Waals surface area contributed by atoms with E-state index in [-0.39, 0.29) is 13.1 Å². The maximum absolute atomic E-state index is 12.9. The number of hydrogen-bond acceptors (Lipinski definition) is 5. The number of furan rings is 1. The Morgan fingerprint density at radius 3 is 2.79 bits per heavy atom. The van der Waals surface area contributed by atoms with E-state index < -0.39 is 5.92 Å². The average molecular weight is 336 g/mol. The van der Waals surface area contributed by atoms with Crippen LogP contribution in [0.4, 0.5) is 14.7 Å². The summed E-state index contributed by atoms with van der Waals surface area (Å²) in [5, 5.41) is 3.19. The normalized spacial score (nSPS) is 16.8. The van der Waals surface area contributed by atoms with E-state index in [1.165, 1.54) is 0 Å². The number of likely N-dealkylation sites (tertiary alicyclic amines) is 1. The van der Waals surface area contributed by atoms with Crippen LogP contribution in [0.2, 0.25) is 0 Å². The van der Waals surface area contributed by atoms with E-state index in [1.807, 2.05) is 19.1 Å². The highest BCUT2D eigenvalue weighted by Crippen LogP contribution is 2.30. The van der Waals surface area contributed by atoms with Crippen molar-refractivity contribution >= 4 is 5.95 Å². The van der Waals surface area contributed by atoms with Crippen molar-refractivity contribution in [2.24, 2.45) is 0 Å². The molecule has 1 aliphatic rings. The molecule has 0 spiro atoms. The van der Waals surface area contributed by atoms with E-state index >= 15 is 0 Å². The summed E-state index contributed by atoms with van der Waals surface area (Å²) in [7, 11) is 0. The lowest BCUT2D eigenvalue weighted by Crippen LogP contribution is -2.55. The molecular weight excluding hydrogens is 314 g/mol. The van der Waals surface area contributed by atoms with E-state index in [0.717, 1.165) is 30.6 Å². The number of aryl methyl sites for hydroxylation is 1. The van der Waals surface area contributed by atoms with Gasteiger partial charge in [-0.1, -0.05) is 13.3 Å². The van der Waals surface area contributed by atoms with Crippen LogP contribution >= 0.6 is 0 Å². The summed E-state index contributed by atoms with van der Waals surface area (Å²) < 4.78 is 31.5. The highest BCUT2D eigenvalue weighted by Gasteiger charge is 2.43. The number of nitrogens with one attached hydrogen (secondary N) is 1. The third-order valence-corrected chi connectivity index (χ3v) is 4.01. The largest absolute Gasteiger partial charge is 0.460 e. The van der Waals surface area contributed by atoms with Crippen LogP contribution in [0.15, 0.2) is 22.7 Å². The van der Waals surface area contributed by atoms with Gasteiger partial charge in [-0.25, -0.2) is 18.7 Å². The Labute approximate surface area is 140 Å². The van der Waals surface area contributed by atoms with Gasteiger partial charge in [-0.05, 0) is 25.5 Å². The predicted octanol–water partition coefficient (Wildman–Crippen LogP) is 3.71. The molecule has 1 saturated heterocycles. The second-order valence-electron chi connectivity index (χ2n) is 6.24. The number of hydrogen-bond donors (Lipinski definition) is 1. The molecule has 1 aliphatic heterocycles. The molecule has 0 bridgehead atoms. The number of anilines is 1. The van der Waals surface area contributed by atoms with Gasteiger partial charge in [-0.2, -0.15) is 0 Å². The SMILES string of the molecule is CCCCNc1ncc(-c2ccc(CN3CC(F)(F)C3)o2)c(C)n1. The third-order valence-electron chi connectivity index (χ3n) is 4.01. The first-order valence-corrected chi connectivity index (χ1v) is 8.23. The Hall–Kier alpha value is -2.02. The van der Waals surface area contributed by atoms with Crippen molar-refractivity contribution in [1.29, 1.82) is 0 Å². The molecule has 2 aromatic rings. The molecule has 1 fully saturated rings. The van der Waals surface area contributed by atoms with Crippen LogP contribution in [-0.4, -0.2) is 40.4 Å². The Balaban J connectivity index is 1.64. The molecule has 0 atom stereocenters. The molecular formula is C17H22F2N4O. The lowest BCUT2D eigenvalue weighted by molar-refractivity contribution is -0.135. The fraction of sp³-hybridized carbons (Fsp3) is 0.529. The Morgan fingerprint density at radius 1 is 1.33 bits per heavy atom. The zero-order valence-electron chi connectivity index (χ0n) is 14.0. The molecule has 3 heterocycles. The van der Waals surface area contributed by atoms with E-state index in [1.54, 1.807) is 11.1 Å². The topological polar surface area (TPSA) is 54.2 Å². The lowest BCUT2D eigenvalue weighted by Gasteiger charge is -2.37. The first-order chi connectivity index (χ1) is 11.5. The Morgan fingerprint density at radius 2 is 2.12 bits per heavy atom. The summed E-state index contributed by atoms with van der Waals surface area (Å²) in [5.74, 6) is -0.611. The summed E-state index contributed by atoms with van der Waals surface area (Å²) in [5.41, 5.74) is 1.64. The van der Waals surface area contributed by atoms with Crippen LogP contribution in [0, 0.1) is 6.92 Å². The van der Waals surface area contributed by atoms with Crippen molar-refractivity contribution in [3.8, 4) is 11.3 Å². The highest BCUT2D eigenvalue weighted by molar-refractivity contribution is 5.60. The minimum Gasteiger partial charge on any atom is -0.460 e. The quantitative estimate of drug-likeness (QED) is 0.781. The van der Waals surface area contributed by atoms with Gasteiger partial charge in [0, 0.05) is 12.7 Å². The van der Waals surface area contributed by atoms with Gasteiger partial charge in [0.05, 0.1) is 30.9 Å². The summed E-state index contributed by atoms with van der Waals surface area (Å²) in [6.07, 6.45) is 3.92. The predicted molar refractivity (Wildman–Crippen MR) is 88.1 cm³/mol. The van der Waals surface area contributed by atoms with Gasteiger partial charge in [0.2, 0.25) is 5.95 Å². The molecule has 130 valence electrons. The van der Waals surface area contributed by atoms with Crippen LogP contribution < -0.4 is 5.32 Å². The molecule has 0 radical (unpaired) electrons. The van der Waals surface area contributed by atoms with Gasteiger partial charge < -0.3 is 9.73 Å². The molecule has 2 aromatic heterocycles. The standard InChI is InChI=1S/C17H22F2N4O/c1-3-4-7-20-16-21-8-14(12(2)22-16)15-6-5-13(24-15)9-23-10-17(18,19)11-23/h5-6,8H,3-4,7,9-11H2,1-2H3,(H,20,21,22). The molecule has 0 aromatic carbocycles. The van der Waals surface area contributed by atoms with Gasteiger partial charge in [0.15, 0.2) is 0 Å². The number of aromatic nitrogens is 2. The number of halogens is 2. The molecule has 7 heteroatoms. The summed E-state index contributed by atoms with van der Waals surface area (Å²) >= 11 is 0. The number of unbranched alkanes of at least 4 members (excludes halogenated alkanes) is 1. The number of rotatable bonds is 7. The van der Waals surface area contributed by atoms with Crippen LogP contribution in [0.3, 0.4) is 0 Å².